The number of fused-ring (bicyclic) bond motifs is 1. The van der Waals surface area contributed by atoms with Gasteiger partial charge in [-0.15, -0.1) is 11.3 Å². The number of benzene rings is 1. The van der Waals surface area contributed by atoms with Crippen molar-refractivity contribution in [1.29, 1.82) is 0 Å². The monoisotopic (exact) mass is 302 g/mol. The van der Waals surface area contributed by atoms with Crippen LogP contribution in [0.1, 0.15) is 11.9 Å². The van der Waals surface area contributed by atoms with Gasteiger partial charge in [-0.2, -0.15) is 13.2 Å². The van der Waals surface area contributed by atoms with Gasteiger partial charge in [0.2, 0.25) is 11.7 Å². The second kappa shape index (κ2) is 5.20. The first-order chi connectivity index (χ1) is 9.25. The van der Waals surface area contributed by atoms with Crippen molar-refractivity contribution in [3.05, 3.63) is 23.2 Å². The topological polar surface area (TPSA) is 59.1 Å². The van der Waals surface area contributed by atoms with Crippen LogP contribution < -0.4 is 5.32 Å². The molecule has 0 spiro atoms. The van der Waals surface area contributed by atoms with Crippen molar-refractivity contribution in [3.63, 3.8) is 0 Å². The van der Waals surface area contributed by atoms with E-state index < -0.39 is 18.4 Å². The summed E-state index contributed by atoms with van der Waals surface area (Å²) in [6.45, 7) is 1.35. The summed E-state index contributed by atoms with van der Waals surface area (Å²) in [7, 11) is 0. The van der Waals surface area contributed by atoms with E-state index in [9.17, 15) is 22.8 Å². The fraction of sp³-hybridized carbons (Fsp3) is 0.250. The second-order valence-corrected chi connectivity index (χ2v) is 5.18. The van der Waals surface area contributed by atoms with Crippen molar-refractivity contribution >= 4 is 38.9 Å². The number of thiazole rings is 1. The van der Waals surface area contributed by atoms with Crippen LogP contribution in [0.3, 0.4) is 0 Å². The lowest BCUT2D eigenvalue weighted by molar-refractivity contribution is -0.170. The Bertz CT molecular complexity index is 679. The molecule has 0 atom stereocenters. The third-order valence-electron chi connectivity index (χ3n) is 2.38. The van der Waals surface area contributed by atoms with Crippen LogP contribution in [0.2, 0.25) is 0 Å². The van der Waals surface area contributed by atoms with Crippen LogP contribution in [-0.2, 0) is 16.0 Å². The molecule has 4 nitrogen and oxygen atoms in total. The van der Waals surface area contributed by atoms with Crippen molar-refractivity contribution in [3.8, 4) is 0 Å². The number of carbonyl (C=O) groups is 2. The molecule has 0 saturated carbocycles. The summed E-state index contributed by atoms with van der Waals surface area (Å²) in [6, 6.07) is 4.79. The van der Waals surface area contributed by atoms with Crippen LogP contribution in [0, 0.1) is 0 Å². The van der Waals surface area contributed by atoms with Gasteiger partial charge in [0, 0.05) is 12.6 Å². The Kier molecular flexibility index (Phi) is 3.76. The molecule has 0 aliphatic carbocycles. The molecule has 0 aliphatic rings. The third-order valence-corrected chi connectivity index (χ3v) is 3.40. The number of hydrogen-bond acceptors (Lipinski definition) is 4. The summed E-state index contributed by atoms with van der Waals surface area (Å²) < 4.78 is 37.1. The Hall–Kier alpha value is -1.96. The van der Waals surface area contributed by atoms with Gasteiger partial charge in [0.05, 0.1) is 16.6 Å². The Morgan fingerprint density at radius 1 is 1.35 bits per heavy atom. The Labute approximate surface area is 115 Å². The first kappa shape index (κ1) is 14.4. The van der Waals surface area contributed by atoms with Crippen LogP contribution in [0.25, 0.3) is 10.2 Å². The lowest BCUT2D eigenvalue weighted by atomic mass is 10.3. The predicted molar refractivity (Wildman–Crippen MR) is 68.7 cm³/mol. The van der Waals surface area contributed by atoms with E-state index in [4.69, 9.17) is 0 Å². The van der Waals surface area contributed by atoms with Gasteiger partial charge in [0.15, 0.2) is 0 Å². The van der Waals surface area contributed by atoms with E-state index in [1.165, 1.54) is 6.92 Å². The van der Waals surface area contributed by atoms with E-state index in [-0.39, 0.29) is 10.9 Å². The third kappa shape index (κ3) is 3.32. The van der Waals surface area contributed by atoms with Gasteiger partial charge in [-0.3, -0.25) is 9.59 Å². The van der Waals surface area contributed by atoms with Gasteiger partial charge < -0.3 is 5.32 Å². The minimum absolute atomic E-state index is 0.0994. The highest BCUT2D eigenvalue weighted by atomic mass is 32.1. The van der Waals surface area contributed by atoms with Crippen molar-refractivity contribution in [2.75, 3.05) is 5.32 Å². The lowest BCUT2D eigenvalue weighted by Crippen LogP contribution is -2.24. The molecule has 20 heavy (non-hydrogen) atoms. The number of ketones is 1. The number of Topliss-reactive ketones (excluding diaryl/α,β-unsaturated/α-hetero) is 1. The molecule has 2 aromatic rings. The number of amides is 1. The summed E-state index contributed by atoms with van der Waals surface area (Å²) in [5.74, 6) is -2.07. The fourth-order valence-corrected chi connectivity index (χ4v) is 2.57. The quantitative estimate of drug-likeness (QED) is 0.948. The SMILES string of the molecule is CC(=O)Nc1ccc2nc(CC(=O)C(F)(F)F)sc2c1. The predicted octanol–water partition coefficient (Wildman–Crippen LogP) is 2.93. The van der Waals surface area contributed by atoms with Crippen LogP contribution in [0.15, 0.2) is 18.2 Å². The zero-order chi connectivity index (χ0) is 14.9. The molecular formula is C12H9F3N2O2S. The zero-order valence-electron chi connectivity index (χ0n) is 10.2. The largest absolute Gasteiger partial charge is 0.450 e. The smallest absolute Gasteiger partial charge is 0.326 e. The van der Waals surface area contributed by atoms with Gasteiger partial charge in [-0.1, -0.05) is 0 Å². The normalized spacial score (nSPS) is 11.6. The van der Waals surface area contributed by atoms with E-state index in [2.05, 4.69) is 10.3 Å². The Morgan fingerprint density at radius 3 is 2.65 bits per heavy atom. The van der Waals surface area contributed by atoms with Crippen LogP contribution >= 0.6 is 11.3 Å². The van der Waals surface area contributed by atoms with Crippen LogP contribution in [0.4, 0.5) is 18.9 Å². The number of carbonyl (C=O) groups excluding carboxylic acids is 2. The molecule has 1 heterocycles. The van der Waals surface area contributed by atoms with Gasteiger partial charge in [0.1, 0.15) is 5.01 Å². The highest BCUT2D eigenvalue weighted by Gasteiger charge is 2.38. The van der Waals surface area contributed by atoms with Crippen LogP contribution in [0.5, 0.6) is 0 Å². The summed E-state index contributed by atoms with van der Waals surface area (Å²) in [5, 5.41) is 2.66. The van der Waals surface area contributed by atoms with E-state index in [0.29, 0.717) is 15.9 Å². The van der Waals surface area contributed by atoms with Crippen molar-refractivity contribution in [2.45, 2.75) is 19.5 Å². The van der Waals surface area contributed by atoms with E-state index in [0.717, 1.165) is 11.3 Å². The number of anilines is 1. The molecule has 0 saturated heterocycles. The molecule has 0 fully saturated rings. The number of rotatable bonds is 3. The zero-order valence-corrected chi connectivity index (χ0v) is 11.1. The van der Waals surface area contributed by atoms with E-state index in [1.54, 1.807) is 18.2 Å². The van der Waals surface area contributed by atoms with Crippen molar-refractivity contribution in [1.82, 2.24) is 4.98 Å². The van der Waals surface area contributed by atoms with E-state index >= 15 is 0 Å². The van der Waals surface area contributed by atoms with Crippen molar-refractivity contribution in [2.24, 2.45) is 0 Å². The number of alkyl halides is 3. The van der Waals surface area contributed by atoms with Gasteiger partial charge in [0.25, 0.3) is 0 Å². The average Bonchev–Trinajstić information content (AvgIpc) is 2.68. The molecule has 8 heteroatoms. The lowest BCUT2D eigenvalue weighted by Gasteiger charge is -2.01. The van der Waals surface area contributed by atoms with Gasteiger partial charge >= 0.3 is 6.18 Å². The first-order valence-corrected chi connectivity index (χ1v) is 6.34. The molecule has 1 aromatic carbocycles. The molecule has 1 amide bonds. The molecule has 1 N–H and O–H groups in total. The number of aromatic nitrogens is 1. The fourth-order valence-electron chi connectivity index (χ4n) is 1.57. The minimum atomic E-state index is -4.85. The van der Waals surface area contributed by atoms with E-state index in [1.807, 2.05) is 0 Å². The molecule has 1 aromatic heterocycles. The second-order valence-electron chi connectivity index (χ2n) is 4.07. The number of hydrogen-bond donors (Lipinski definition) is 1. The molecule has 0 aliphatic heterocycles. The highest BCUT2D eigenvalue weighted by Crippen LogP contribution is 2.27. The number of nitrogens with one attached hydrogen (secondary N) is 1. The molecule has 0 radical (unpaired) electrons. The van der Waals surface area contributed by atoms with Gasteiger partial charge in [-0.05, 0) is 18.2 Å². The summed E-state index contributed by atoms with van der Waals surface area (Å²) >= 11 is 1.000. The Morgan fingerprint density at radius 2 is 2.05 bits per heavy atom. The molecule has 106 valence electrons. The summed E-state index contributed by atoms with van der Waals surface area (Å²) in [5.41, 5.74) is 1.02. The maximum absolute atomic E-state index is 12.2. The maximum atomic E-state index is 12.2. The van der Waals surface area contributed by atoms with Crippen LogP contribution in [-0.4, -0.2) is 22.9 Å². The summed E-state index contributed by atoms with van der Waals surface area (Å²) in [6.07, 6.45) is -5.61. The maximum Gasteiger partial charge on any atom is 0.450 e. The molecule has 0 bridgehead atoms. The Balaban J connectivity index is 2.25. The number of halogens is 3. The molecule has 2 rings (SSSR count). The molecular weight excluding hydrogens is 293 g/mol. The first-order valence-electron chi connectivity index (χ1n) is 5.53. The summed E-state index contributed by atoms with van der Waals surface area (Å²) in [4.78, 5) is 25.8. The standard InChI is InChI=1S/C12H9F3N2O2S/c1-6(18)16-7-2-3-8-9(4-7)20-11(17-8)5-10(19)12(13,14)15/h2-4H,5H2,1H3,(H,16,18). The molecule has 0 unspecified atom stereocenters. The highest BCUT2D eigenvalue weighted by molar-refractivity contribution is 7.18. The number of nitrogens with zero attached hydrogens (tertiary/aromatic N) is 1. The van der Waals surface area contributed by atoms with Crippen molar-refractivity contribution < 1.29 is 22.8 Å². The minimum Gasteiger partial charge on any atom is -0.326 e. The van der Waals surface area contributed by atoms with Gasteiger partial charge in [-0.25, -0.2) is 4.98 Å². The average molecular weight is 302 g/mol.